The number of amides is 2. The van der Waals surface area contributed by atoms with E-state index in [9.17, 15) is 4.79 Å². The lowest BCUT2D eigenvalue weighted by molar-refractivity contribution is 0.0626. The summed E-state index contributed by atoms with van der Waals surface area (Å²) in [5.41, 5.74) is 5.03. The van der Waals surface area contributed by atoms with Gasteiger partial charge in [-0.05, 0) is 26.2 Å². The Bertz CT molecular complexity index is 234. The van der Waals surface area contributed by atoms with Gasteiger partial charge < -0.3 is 24.3 Å². The molecule has 0 atom stereocenters. The van der Waals surface area contributed by atoms with Crippen LogP contribution in [0.25, 0.3) is 0 Å². The van der Waals surface area contributed by atoms with E-state index in [-0.39, 0.29) is 0 Å². The van der Waals surface area contributed by atoms with Crippen molar-refractivity contribution in [3.05, 3.63) is 0 Å². The highest BCUT2D eigenvalue weighted by Gasteiger charge is 2.40. The lowest BCUT2D eigenvalue weighted by Gasteiger charge is -2.29. The van der Waals surface area contributed by atoms with E-state index in [1.807, 2.05) is 6.92 Å². The van der Waals surface area contributed by atoms with Crippen LogP contribution < -0.4 is 11.1 Å². The van der Waals surface area contributed by atoms with Gasteiger partial charge in [-0.2, -0.15) is 0 Å². The van der Waals surface area contributed by atoms with Crippen molar-refractivity contribution in [1.29, 1.82) is 0 Å². The van der Waals surface area contributed by atoms with Gasteiger partial charge in [0.25, 0.3) is 0 Å². The third kappa shape index (κ3) is 8.98. The standard InChI is InChI=1S/C12H28N2O4Si/c1-4-9-17-19(16-6-3,18-10-5-2)11-7-8-14-12(13)15/h4-11H2,1-3H3,(H3,13,14,15). The first-order chi connectivity index (χ1) is 9.10. The zero-order chi connectivity index (χ0) is 14.6. The summed E-state index contributed by atoms with van der Waals surface area (Å²) in [5, 5.41) is 2.57. The number of primary amides is 1. The van der Waals surface area contributed by atoms with Crippen molar-refractivity contribution in [3.8, 4) is 0 Å². The second-order valence-corrected chi connectivity index (χ2v) is 6.94. The molecular weight excluding hydrogens is 264 g/mol. The SMILES string of the molecule is CCCO[Si](CCCNC(N)=O)(OCC)OCCC. The molecule has 6 nitrogen and oxygen atoms in total. The Balaban J connectivity index is 4.35. The maximum atomic E-state index is 10.6. The summed E-state index contributed by atoms with van der Waals surface area (Å²) in [6.45, 7) is 8.41. The van der Waals surface area contributed by atoms with Crippen LogP contribution in [-0.4, -0.2) is 41.2 Å². The maximum absolute atomic E-state index is 10.6. The maximum Gasteiger partial charge on any atom is 0.501 e. The van der Waals surface area contributed by atoms with Crippen LogP contribution in [0.2, 0.25) is 6.04 Å². The molecular formula is C12H28N2O4Si. The molecule has 0 unspecified atom stereocenters. The van der Waals surface area contributed by atoms with Gasteiger partial charge >= 0.3 is 14.8 Å². The van der Waals surface area contributed by atoms with Crippen molar-refractivity contribution in [1.82, 2.24) is 5.32 Å². The summed E-state index contributed by atoms with van der Waals surface area (Å²) < 4.78 is 17.5. The topological polar surface area (TPSA) is 82.8 Å². The van der Waals surface area contributed by atoms with Gasteiger partial charge in [-0.25, -0.2) is 4.79 Å². The van der Waals surface area contributed by atoms with Gasteiger partial charge in [-0.15, -0.1) is 0 Å². The van der Waals surface area contributed by atoms with Crippen molar-refractivity contribution in [2.75, 3.05) is 26.4 Å². The summed E-state index contributed by atoms with van der Waals surface area (Å²) in [4.78, 5) is 10.6. The Morgan fingerprint density at radius 1 is 1.11 bits per heavy atom. The Morgan fingerprint density at radius 3 is 2.11 bits per heavy atom. The van der Waals surface area contributed by atoms with Crippen LogP contribution in [-0.2, 0) is 13.3 Å². The fraction of sp³-hybridized carbons (Fsp3) is 0.917. The van der Waals surface area contributed by atoms with E-state index in [4.69, 9.17) is 19.0 Å². The molecule has 7 heteroatoms. The fourth-order valence-electron chi connectivity index (χ4n) is 1.59. The van der Waals surface area contributed by atoms with Crippen LogP contribution in [0.1, 0.15) is 40.0 Å². The molecule has 0 aromatic heterocycles. The van der Waals surface area contributed by atoms with Crippen molar-refractivity contribution in [2.45, 2.75) is 46.1 Å². The molecule has 0 aromatic carbocycles. The molecule has 0 saturated carbocycles. The Kier molecular flexibility index (Phi) is 10.8. The van der Waals surface area contributed by atoms with Crippen LogP contribution in [0.4, 0.5) is 4.79 Å². The first-order valence-corrected chi connectivity index (χ1v) is 8.98. The fourth-order valence-corrected chi connectivity index (χ4v) is 4.36. The highest BCUT2D eigenvalue weighted by atomic mass is 28.4. The van der Waals surface area contributed by atoms with Gasteiger partial charge in [0, 0.05) is 32.4 Å². The third-order valence-electron chi connectivity index (χ3n) is 2.38. The second kappa shape index (κ2) is 11.2. The van der Waals surface area contributed by atoms with Gasteiger partial charge in [0.05, 0.1) is 0 Å². The molecule has 0 heterocycles. The largest absolute Gasteiger partial charge is 0.501 e. The van der Waals surface area contributed by atoms with Crippen molar-refractivity contribution >= 4 is 14.8 Å². The molecule has 0 saturated heterocycles. The molecule has 0 fully saturated rings. The molecule has 19 heavy (non-hydrogen) atoms. The highest BCUT2D eigenvalue weighted by Crippen LogP contribution is 2.18. The molecule has 0 rings (SSSR count). The summed E-state index contributed by atoms with van der Waals surface area (Å²) in [6.07, 6.45) is 2.59. The van der Waals surface area contributed by atoms with Crippen molar-refractivity contribution in [2.24, 2.45) is 5.73 Å². The Hall–Kier alpha value is -0.633. The monoisotopic (exact) mass is 292 g/mol. The molecule has 0 aliphatic rings. The van der Waals surface area contributed by atoms with E-state index < -0.39 is 14.8 Å². The van der Waals surface area contributed by atoms with Crippen LogP contribution in [0, 0.1) is 0 Å². The quantitative estimate of drug-likeness (QED) is 0.425. The average molecular weight is 292 g/mol. The highest BCUT2D eigenvalue weighted by molar-refractivity contribution is 6.60. The first-order valence-electron chi connectivity index (χ1n) is 7.05. The minimum absolute atomic E-state index is 0.507. The smallest absolute Gasteiger partial charge is 0.374 e. The lowest BCUT2D eigenvalue weighted by atomic mass is 10.5. The van der Waals surface area contributed by atoms with E-state index >= 15 is 0 Å². The van der Waals surface area contributed by atoms with E-state index in [1.54, 1.807) is 0 Å². The van der Waals surface area contributed by atoms with E-state index in [1.165, 1.54) is 0 Å². The Morgan fingerprint density at radius 2 is 1.68 bits per heavy atom. The molecule has 3 N–H and O–H groups in total. The first kappa shape index (κ1) is 18.4. The number of hydrogen-bond acceptors (Lipinski definition) is 4. The second-order valence-electron chi connectivity index (χ2n) is 4.21. The molecule has 0 spiro atoms. The molecule has 0 bridgehead atoms. The van der Waals surface area contributed by atoms with Gasteiger partial charge in [-0.3, -0.25) is 0 Å². The predicted molar refractivity (Wildman–Crippen MR) is 76.9 cm³/mol. The molecule has 0 aromatic rings. The number of carbonyl (C=O) groups excluding carboxylic acids is 1. The van der Waals surface area contributed by atoms with Gasteiger partial charge in [-0.1, -0.05) is 13.8 Å². The van der Waals surface area contributed by atoms with E-state index in [0.717, 1.165) is 19.3 Å². The number of hydrogen-bond donors (Lipinski definition) is 2. The average Bonchev–Trinajstić information content (AvgIpc) is 2.39. The summed E-state index contributed by atoms with van der Waals surface area (Å²) in [7, 11) is -2.60. The number of nitrogens with two attached hydrogens (primary N) is 1. The number of rotatable bonds is 12. The van der Waals surface area contributed by atoms with Crippen LogP contribution in [0.15, 0.2) is 0 Å². The Labute approximate surface area is 117 Å². The summed E-state index contributed by atoms with van der Waals surface area (Å²) in [6, 6.07) is 0.189. The van der Waals surface area contributed by atoms with Crippen LogP contribution in [0.3, 0.4) is 0 Å². The van der Waals surface area contributed by atoms with Gasteiger partial charge in [0.1, 0.15) is 0 Å². The number of carbonyl (C=O) groups is 1. The normalized spacial score (nSPS) is 11.5. The van der Waals surface area contributed by atoms with E-state index in [2.05, 4.69) is 19.2 Å². The van der Waals surface area contributed by atoms with Crippen LogP contribution >= 0.6 is 0 Å². The molecule has 2 amide bonds. The minimum atomic E-state index is -2.60. The van der Waals surface area contributed by atoms with E-state index in [0.29, 0.717) is 32.4 Å². The van der Waals surface area contributed by atoms with Gasteiger partial charge in [0.15, 0.2) is 0 Å². The van der Waals surface area contributed by atoms with Crippen molar-refractivity contribution < 1.29 is 18.1 Å². The molecule has 114 valence electrons. The number of urea groups is 1. The lowest BCUT2D eigenvalue weighted by Crippen LogP contribution is -2.47. The van der Waals surface area contributed by atoms with Crippen LogP contribution in [0.5, 0.6) is 0 Å². The molecule has 0 aliphatic carbocycles. The van der Waals surface area contributed by atoms with Crippen molar-refractivity contribution in [3.63, 3.8) is 0 Å². The summed E-state index contributed by atoms with van der Waals surface area (Å²) >= 11 is 0. The predicted octanol–water partition coefficient (Wildman–Crippen LogP) is 1.87. The zero-order valence-electron chi connectivity index (χ0n) is 12.4. The van der Waals surface area contributed by atoms with Gasteiger partial charge in [0.2, 0.25) is 0 Å². The molecule has 0 aliphatic heterocycles. The summed E-state index contributed by atoms with van der Waals surface area (Å²) in [5.74, 6) is 0. The third-order valence-corrected chi connectivity index (χ3v) is 5.36. The number of nitrogens with one attached hydrogen (secondary N) is 1. The minimum Gasteiger partial charge on any atom is -0.374 e. The molecule has 0 radical (unpaired) electrons. The zero-order valence-corrected chi connectivity index (χ0v) is 13.4.